The van der Waals surface area contributed by atoms with Crippen LogP contribution in [0, 0.1) is 6.92 Å². The monoisotopic (exact) mass is 430 g/mol. The molecule has 0 spiro atoms. The van der Waals surface area contributed by atoms with Gasteiger partial charge in [0.2, 0.25) is 5.91 Å². The standard InChI is InChI=1S/C24H22N4O4/c1-14-21-17(13-18(20-8-5-11-31-20)27-24(21)32-28-14)22(29)26-19(23(30)25-16-9-10-16)12-15-6-3-2-4-7-15/h2-8,11,13,16,19H,9-10,12H2,1H3,(H,25,30)(H,26,29). The molecule has 1 aliphatic rings. The van der Waals surface area contributed by atoms with Crippen LogP contribution >= 0.6 is 0 Å². The molecule has 1 unspecified atom stereocenters. The molecule has 0 radical (unpaired) electrons. The van der Waals surface area contributed by atoms with E-state index < -0.39 is 11.9 Å². The highest BCUT2D eigenvalue weighted by Crippen LogP contribution is 2.27. The van der Waals surface area contributed by atoms with Crippen molar-refractivity contribution in [3.63, 3.8) is 0 Å². The molecule has 5 rings (SSSR count). The first-order chi connectivity index (χ1) is 15.6. The molecule has 162 valence electrons. The number of aryl methyl sites for hydroxylation is 1. The third-order valence-electron chi connectivity index (χ3n) is 5.46. The Morgan fingerprint density at radius 1 is 1.16 bits per heavy atom. The van der Waals surface area contributed by atoms with Gasteiger partial charge in [0, 0.05) is 12.5 Å². The van der Waals surface area contributed by atoms with Crippen molar-refractivity contribution in [2.24, 2.45) is 0 Å². The molecule has 2 N–H and O–H groups in total. The Morgan fingerprint density at radius 3 is 2.69 bits per heavy atom. The number of aromatic nitrogens is 2. The Kier molecular flexibility index (Phi) is 5.18. The molecule has 3 aromatic heterocycles. The van der Waals surface area contributed by atoms with E-state index in [9.17, 15) is 9.59 Å². The number of carbonyl (C=O) groups is 2. The van der Waals surface area contributed by atoms with Crippen LogP contribution in [0.3, 0.4) is 0 Å². The molecule has 32 heavy (non-hydrogen) atoms. The normalized spacial score (nSPS) is 14.3. The number of hydrogen-bond acceptors (Lipinski definition) is 6. The van der Waals surface area contributed by atoms with E-state index in [1.165, 1.54) is 6.26 Å². The van der Waals surface area contributed by atoms with E-state index >= 15 is 0 Å². The van der Waals surface area contributed by atoms with E-state index in [4.69, 9.17) is 8.94 Å². The van der Waals surface area contributed by atoms with Crippen molar-refractivity contribution in [2.45, 2.75) is 38.3 Å². The van der Waals surface area contributed by atoms with E-state index in [1.54, 1.807) is 25.1 Å². The maximum Gasteiger partial charge on any atom is 0.259 e. The number of carbonyl (C=O) groups excluding carboxylic acids is 2. The molecule has 0 aliphatic heterocycles. The number of amides is 2. The highest BCUT2D eigenvalue weighted by molar-refractivity contribution is 6.08. The summed E-state index contributed by atoms with van der Waals surface area (Å²) in [5.41, 5.74) is 2.53. The number of fused-ring (bicyclic) bond motifs is 1. The van der Waals surface area contributed by atoms with Gasteiger partial charge < -0.3 is 19.6 Å². The molecule has 1 saturated carbocycles. The number of pyridine rings is 1. The van der Waals surface area contributed by atoms with Crippen LogP contribution in [0.5, 0.6) is 0 Å². The molecule has 1 aromatic carbocycles. The van der Waals surface area contributed by atoms with Gasteiger partial charge in [-0.15, -0.1) is 0 Å². The van der Waals surface area contributed by atoms with Crippen LogP contribution in [0.25, 0.3) is 22.6 Å². The van der Waals surface area contributed by atoms with Crippen molar-refractivity contribution in [3.05, 3.63) is 71.6 Å². The fraction of sp³-hybridized carbons (Fsp3) is 0.250. The van der Waals surface area contributed by atoms with Crippen LogP contribution in [0.1, 0.15) is 34.5 Å². The first kappa shape index (κ1) is 20.0. The number of nitrogens with one attached hydrogen (secondary N) is 2. The first-order valence-corrected chi connectivity index (χ1v) is 10.5. The maximum absolute atomic E-state index is 13.4. The number of hydrogen-bond donors (Lipinski definition) is 2. The molecular formula is C24H22N4O4. The molecule has 1 atom stereocenters. The van der Waals surface area contributed by atoms with Crippen LogP contribution in [0.15, 0.2) is 63.7 Å². The summed E-state index contributed by atoms with van der Waals surface area (Å²) in [6.45, 7) is 1.75. The molecule has 1 fully saturated rings. The van der Waals surface area contributed by atoms with E-state index in [0.717, 1.165) is 18.4 Å². The summed E-state index contributed by atoms with van der Waals surface area (Å²) in [5.74, 6) is -0.0889. The summed E-state index contributed by atoms with van der Waals surface area (Å²) >= 11 is 0. The van der Waals surface area contributed by atoms with Crippen LogP contribution < -0.4 is 10.6 Å². The lowest BCUT2D eigenvalue weighted by Gasteiger charge is -2.19. The van der Waals surface area contributed by atoms with E-state index in [2.05, 4.69) is 20.8 Å². The van der Waals surface area contributed by atoms with Crippen molar-refractivity contribution in [2.75, 3.05) is 0 Å². The van der Waals surface area contributed by atoms with Gasteiger partial charge >= 0.3 is 0 Å². The zero-order chi connectivity index (χ0) is 22.1. The molecule has 3 heterocycles. The summed E-state index contributed by atoms with van der Waals surface area (Å²) < 4.78 is 10.8. The van der Waals surface area contributed by atoms with Crippen molar-refractivity contribution in [3.8, 4) is 11.5 Å². The lowest BCUT2D eigenvalue weighted by molar-refractivity contribution is -0.123. The molecule has 8 nitrogen and oxygen atoms in total. The minimum Gasteiger partial charge on any atom is -0.463 e. The fourth-order valence-corrected chi connectivity index (χ4v) is 3.65. The van der Waals surface area contributed by atoms with Gasteiger partial charge in [-0.05, 0) is 43.5 Å². The zero-order valence-electron chi connectivity index (χ0n) is 17.5. The molecular weight excluding hydrogens is 408 g/mol. The van der Waals surface area contributed by atoms with Gasteiger partial charge in [0.15, 0.2) is 5.76 Å². The van der Waals surface area contributed by atoms with Crippen molar-refractivity contribution in [1.29, 1.82) is 0 Å². The predicted molar refractivity (Wildman–Crippen MR) is 117 cm³/mol. The maximum atomic E-state index is 13.4. The second-order valence-corrected chi connectivity index (χ2v) is 7.98. The van der Waals surface area contributed by atoms with Crippen molar-refractivity contribution >= 4 is 22.9 Å². The van der Waals surface area contributed by atoms with E-state index in [-0.39, 0.29) is 17.7 Å². The van der Waals surface area contributed by atoms with Crippen molar-refractivity contribution in [1.82, 2.24) is 20.8 Å². The number of furan rings is 1. The second-order valence-electron chi connectivity index (χ2n) is 7.98. The Balaban J connectivity index is 1.48. The van der Waals surface area contributed by atoms with Gasteiger partial charge in [-0.3, -0.25) is 9.59 Å². The van der Waals surface area contributed by atoms with E-state index in [1.807, 2.05) is 30.3 Å². The fourth-order valence-electron chi connectivity index (χ4n) is 3.65. The van der Waals surface area contributed by atoms with Gasteiger partial charge in [0.25, 0.3) is 11.6 Å². The molecule has 0 saturated heterocycles. The summed E-state index contributed by atoms with van der Waals surface area (Å²) in [5, 5.41) is 10.4. The highest BCUT2D eigenvalue weighted by Gasteiger charge is 2.30. The molecule has 8 heteroatoms. The second kappa shape index (κ2) is 8.30. The minimum absolute atomic E-state index is 0.191. The number of benzene rings is 1. The summed E-state index contributed by atoms with van der Waals surface area (Å²) in [6, 6.07) is 14.2. The molecule has 0 bridgehead atoms. The summed E-state index contributed by atoms with van der Waals surface area (Å²) in [7, 11) is 0. The van der Waals surface area contributed by atoms with Crippen LogP contribution in [-0.4, -0.2) is 34.0 Å². The number of rotatable bonds is 7. The van der Waals surface area contributed by atoms with Gasteiger partial charge in [-0.25, -0.2) is 4.98 Å². The van der Waals surface area contributed by atoms with Gasteiger partial charge in [0.1, 0.15) is 11.7 Å². The summed E-state index contributed by atoms with van der Waals surface area (Å²) in [6.07, 6.45) is 3.85. The molecule has 4 aromatic rings. The summed E-state index contributed by atoms with van der Waals surface area (Å²) in [4.78, 5) is 30.8. The van der Waals surface area contributed by atoms with Crippen LogP contribution in [0.4, 0.5) is 0 Å². The Morgan fingerprint density at radius 2 is 1.97 bits per heavy atom. The topological polar surface area (TPSA) is 110 Å². The van der Waals surface area contributed by atoms with Crippen LogP contribution in [0.2, 0.25) is 0 Å². The Bertz CT molecular complexity index is 1260. The van der Waals surface area contributed by atoms with Crippen molar-refractivity contribution < 1.29 is 18.5 Å². The van der Waals surface area contributed by atoms with Gasteiger partial charge in [0.05, 0.1) is 22.9 Å². The average Bonchev–Trinajstić information content (AvgIpc) is 3.29. The largest absolute Gasteiger partial charge is 0.463 e. The Hall–Kier alpha value is -3.94. The van der Waals surface area contributed by atoms with Gasteiger partial charge in [-0.1, -0.05) is 35.5 Å². The quantitative estimate of drug-likeness (QED) is 0.465. The third kappa shape index (κ3) is 4.12. The lowest BCUT2D eigenvalue weighted by Crippen LogP contribution is -2.48. The Labute approximate surface area is 184 Å². The van der Waals surface area contributed by atoms with E-state index in [0.29, 0.717) is 34.5 Å². The smallest absolute Gasteiger partial charge is 0.259 e. The predicted octanol–water partition coefficient (Wildman–Crippen LogP) is 3.41. The molecule has 2 amide bonds. The minimum atomic E-state index is -0.721. The average molecular weight is 430 g/mol. The SMILES string of the molecule is Cc1noc2nc(-c3ccco3)cc(C(=O)NC(Cc3ccccc3)C(=O)NC3CC3)c12. The lowest BCUT2D eigenvalue weighted by atomic mass is 10.0. The third-order valence-corrected chi connectivity index (χ3v) is 5.46. The number of nitrogens with zero attached hydrogens (tertiary/aromatic N) is 2. The molecule has 1 aliphatic carbocycles. The zero-order valence-corrected chi connectivity index (χ0v) is 17.5. The van der Waals surface area contributed by atoms with Crippen LogP contribution in [-0.2, 0) is 11.2 Å². The van der Waals surface area contributed by atoms with Gasteiger partial charge in [-0.2, -0.15) is 0 Å². The first-order valence-electron chi connectivity index (χ1n) is 10.5. The highest BCUT2D eigenvalue weighted by atomic mass is 16.5.